The fourth-order valence-corrected chi connectivity index (χ4v) is 2.64. The first-order valence-corrected chi connectivity index (χ1v) is 7.46. The maximum Gasteiger partial charge on any atom is 0.259 e. The van der Waals surface area contributed by atoms with Crippen molar-refractivity contribution in [3.8, 4) is 11.8 Å². The number of rotatable bonds is 3. The summed E-state index contributed by atoms with van der Waals surface area (Å²) in [6.07, 6.45) is 5.40. The van der Waals surface area contributed by atoms with Gasteiger partial charge in [0, 0.05) is 29.3 Å². The minimum atomic E-state index is -0.258. The Morgan fingerprint density at radius 2 is 2.33 bits per heavy atom. The van der Waals surface area contributed by atoms with Crippen LogP contribution in [0.2, 0.25) is 0 Å². The lowest BCUT2D eigenvalue weighted by Crippen LogP contribution is -2.12. The van der Waals surface area contributed by atoms with Crippen LogP contribution in [0, 0.1) is 11.8 Å². The molecule has 2 heterocycles. The molecule has 3 rings (SSSR count). The van der Waals surface area contributed by atoms with Crippen molar-refractivity contribution in [2.24, 2.45) is 0 Å². The van der Waals surface area contributed by atoms with E-state index in [1.165, 1.54) is 30.4 Å². The third-order valence-electron chi connectivity index (χ3n) is 3.05. The number of hydrogen-bond donors (Lipinski definition) is 2. The summed E-state index contributed by atoms with van der Waals surface area (Å²) in [5.74, 6) is 5.57. The number of aromatic nitrogens is 2. The summed E-state index contributed by atoms with van der Waals surface area (Å²) < 4.78 is 0. The molecular formula is C15H13N3O2S. The lowest BCUT2D eigenvalue weighted by molar-refractivity contribution is 0.102. The molecule has 21 heavy (non-hydrogen) atoms. The van der Waals surface area contributed by atoms with Crippen LogP contribution in [0.3, 0.4) is 0 Å². The van der Waals surface area contributed by atoms with Gasteiger partial charge in [-0.25, -0.2) is 4.98 Å². The summed E-state index contributed by atoms with van der Waals surface area (Å²) in [4.78, 5) is 20.5. The summed E-state index contributed by atoms with van der Waals surface area (Å²) in [5, 5.41) is 14.0. The van der Waals surface area contributed by atoms with Gasteiger partial charge in [0.05, 0.1) is 11.3 Å². The molecular weight excluding hydrogens is 286 g/mol. The van der Waals surface area contributed by atoms with Gasteiger partial charge in [-0.05, 0) is 18.9 Å². The Hall–Kier alpha value is -2.23. The number of pyridine rings is 1. The van der Waals surface area contributed by atoms with Crippen LogP contribution in [-0.4, -0.2) is 27.6 Å². The fraction of sp³-hybridized carbons (Fsp3) is 0.267. The molecule has 0 atom stereocenters. The van der Waals surface area contributed by atoms with Crippen LogP contribution in [0.25, 0.3) is 0 Å². The first-order chi connectivity index (χ1) is 10.3. The van der Waals surface area contributed by atoms with Gasteiger partial charge >= 0.3 is 0 Å². The van der Waals surface area contributed by atoms with Gasteiger partial charge in [-0.3, -0.25) is 15.1 Å². The van der Waals surface area contributed by atoms with Crippen LogP contribution in [-0.2, 0) is 0 Å². The Morgan fingerprint density at radius 1 is 1.48 bits per heavy atom. The van der Waals surface area contributed by atoms with Crippen LogP contribution in [0.15, 0.2) is 23.8 Å². The van der Waals surface area contributed by atoms with E-state index >= 15 is 0 Å². The first kappa shape index (κ1) is 13.7. The summed E-state index contributed by atoms with van der Waals surface area (Å²) in [6, 6.07) is 1.64. The number of anilines is 1. The molecule has 0 unspecified atom stereocenters. The van der Waals surface area contributed by atoms with Crippen molar-refractivity contribution in [2.75, 3.05) is 11.9 Å². The molecule has 2 aromatic heterocycles. The van der Waals surface area contributed by atoms with Gasteiger partial charge in [0.15, 0.2) is 5.13 Å². The largest absolute Gasteiger partial charge is 0.384 e. The predicted molar refractivity (Wildman–Crippen MR) is 80.2 cm³/mol. The standard InChI is InChI=1S/C15H13N3O2S/c19-5-1-2-10-6-12(8-16-7-10)14(20)18-15-17-13(9-21-15)11-3-4-11/h6-9,11,19H,3-5H2,(H,17,18,20). The molecule has 0 bridgehead atoms. The molecule has 2 N–H and O–H groups in total. The number of thiazole rings is 1. The van der Waals surface area contributed by atoms with Crippen LogP contribution >= 0.6 is 11.3 Å². The summed E-state index contributed by atoms with van der Waals surface area (Å²) >= 11 is 1.43. The maximum atomic E-state index is 12.2. The smallest absolute Gasteiger partial charge is 0.259 e. The number of carbonyl (C=O) groups excluding carboxylic acids is 1. The highest BCUT2D eigenvalue weighted by Crippen LogP contribution is 2.40. The van der Waals surface area contributed by atoms with E-state index in [-0.39, 0.29) is 12.5 Å². The van der Waals surface area contributed by atoms with E-state index in [2.05, 4.69) is 27.1 Å². The highest BCUT2D eigenvalue weighted by molar-refractivity contribution is 7.14. The minimum Gasteiger partial charge on any atom is -0.384 e. The van der Waals surface area contributed by atoms with Crippen LogP contribution in [0.5, 0.6) is 0 Å². The summed E-state index contributed by atoms with van der Waals surface area (Å²) in [7, 11) is 0. The molecule has 1 aliphatic rings. The van der Waals surface area contributed by atoms with Gasteiger partial charge in [-0.15, -0.1) is 11.3 Å². The highest BCUT2D eigenvalue weighted by atomic mass is 32.1. The number of amides is 1. The summed E-state index contributed by atoms with van der Waals surface area (Å²) in [6.45, 7) is -0.223. The monoisotopic (exact) mass is 299 g/mol. The van der Waals surface area contributed by atoms with Crippen LogP contribution in [0.1, 0.15) is 40.4 Å². The topological polar surface area (TPSA) is 75.1 Å². The highest BCUT2D eigenvalue weighted by Gasteiger charge is 2.26. The number of nitrogens with one attached hydrogen (secondary N) is 1. The third kappa shape index (κ3) is 3.45. The van der Waals surface area contributed by atoms with Crippen molar-refractivity contribution >= 4 is 22.4 Å². The second-order valence-electron chi connectivity index (χ2n) is 4.73. The van der Waals surface area contributed by atoms with E-state index < -0.39 is 0 Å². The molecule has 0 saturated heterocycles. The molecule has 0 radical (unpaired) electrons. The van der Waals surface area contributed by atoms with Crippen molar-refractivity contribution < 1.29 is 9.90 Å². The molecule has 0 aliphatic heterocycles. The van der Waals surface area contributed by atoms with Gasteiger partial charge in [-0.1, -0.05) is 11.8 Å². The SMILES string of the molecule is O=C(Nc1nc(C2CC2)cs1)c1cncc(C#CCO)c1. The van der Waals surface area contributed by atoms with E-state index in [4.69, 9.17) is 5.11 Å². The summed E-state index contributed by atoms with van der Waals surface area (Å²) in [5.41, 5.74) is 2.08. The van der Waals surface area contributed by atoms with Gasteiger partial charge in [0.2, 0.25) is 0 Å². The van der Waals surface area contributed by atoms with E-state index in [0.29, 0.717) is 22.2 Å². The Bertz CT molecular complexity index is 726. The molecule has 1 saturated carbocycles. The Labute approximate surface area is 126 Å². The average Bonchev–Trinajstić information content (AvgIpc) is 3.26. The van der Waals surface area contributed by atoms with Gasteiger partial charge in [-0.2, -0.15) is 0 Å². The van der Waals surface area contributed by atoms with Crippen LogP contribution in [0.4, 0.5) is 5.13 Å². The van der Waals surface area contributed by atoms with Crippen molar-refractivity contribution in [3.63, 3.8) is 0 Å². The number of nitrogens with zero attached hydrogens (tertiary/aromatic N) is 2. The van der Waals surface area contributed by atoms with Crippen molar-refractivity contribution in [3.05, 3.63) is 40.7 Å². The molecule has 0 aromatic carbocycles. The number of hydrogen-bond acceptors (Lipinski definition) is 5. The van der Waals surface area contributed by atoms with Crippen LogP contribution < -0.4 is 5.32 Å². The number of carbonyl (C=O) groups is 1. The van der Waals surface area contributed by atoms with E-state index in [1.54, 1.807) is 12.3 Å². The second kappa shape index (κ2) is 6.04. The van der Waals surface area contributed by atoms with Gasteiger partial charge in [0.1, 0.15) is 6.61 Å². The zero-order valence-electron chi connectivity index (χ0n) is 11.2. The maximum absolute atomic E-state index is 12.2. The third-order valence-corrected chi connectivity index (χ3v) is 3.83. The molecule has 6 heteroatoms. The lowest BCUT2D eigenvalue weighted by atomic mass is 10.2. The van der Waals surface area contributed by atoms with E-state index in [1.807, 2.05) is 5.38 Å². The van der Waals surface area contributed by atoms with E-state index in [9.17, 15) is 4.79 Å². The van der Waals surface area contributed by atoms with Gasteiger partial charge < -0.3 is 5.11 Å². The fourth-order valence-electron chi connectivity index (χ4n) is 1.85. The Kier molecular flexibility index (Phi) is 3.95. The molecule has 5 nitrogen and oxygen atoms in total. The normalized spacial score (nSPS) is 13.4. The Balaban J connectivity index is 1.71. The second-order valence-corrected chi connectivity index (χ2v) is 5.59. The molecule has 106 valence electrons. The molecule has 1 aliphatic carbocycles. The van der Waals surface area contributed by atoms with Crippen molar-refractivity contribution in [1.29, 1.82) is 0 Å². The van der Waals surface area contributed by atoms with E-state index in [0.717, 1.165) is 5.69 Å². The van der Waals surface area contributed by atoms with Gasteiger partial charge in [0.25, 0.3) is 5.91 Å². The minimum absolute atomic E-state index is 0.223. The van der Waals surface area contributed by atoms with Crippen molar-refractivity contribution in [2.45, 2.75) is 18.8 Å². The quantitative estimate of drug-likeness (QED) is 0.850. The predicted octanol–water partition coefficient (Wildman–Crippen LogP) is 2.01. The Morgan fingerprint density at radius 3 is 3.10 bits per heavy atom. The molecule has 1 fully saturated rings. The molecule has 1 amide bonds. The lowest BCUT2D eigenvalue weighted by Gasteiger charge is -2.01. The van der Waals surface area contributed by atoms with Crippen molar-refractivity contribution in [1.82, 2.24) is 9.97 Å². The first-order valence-electron chi connectivity index (χ1n) is 6.58. The zero-order chi connectivity index (χ0) is 14.7. The molecule has 2 aromatic rings. The zero-order valence-corrected chi connectivity index (χ0v) is 12.0. The number of aliphatic hydroxyl groups is 1. The molecule has 0 spiro atoms. The average molecular weight is 299 g/mol. The number of aliphatic hydroxyl groups excluding tert-OH is 1.